The number of hydrogen-bond acceptors (Lipinski definition) is 7. The van der Waals surface area contributed by atoms with E-state index in [4.69, 9.17) is 10.5 Å². The van der Waals surface area contributed by atoms with Crippen molar-refractivity contribution in [3.05, 3.63) is 71.8 Å². The van der Waals surface area contributed by atoms with Gasteiger partial charge < -0.3 is 21.1 Å². The largest absolute Gasteiger partial charge is 0.374 e. The van der Waals surface area contributed by atoms with Gasteiger partial charge in [-0.1, -0.05) is 60.7 Å². The van der Waals surface area contributed by atoms with Crippen molar-refractivity contribution in [3.63, 3.8) is 0 Å². The summed E-state index contributed by atoms with van der Waals surface area (Å²) in [4.78, 5) is 39.9. The molecule has 2 heterocycles. The number of fused-ring (bicyclic) bond motifs is 1. The molecule has 9 heteroatoms. The van der Waals surface area contributed by atoms with Gasteiger partial charge in [0.2, 0.25) is 5.91 Å². The maximum absolute atomic E-state index is 13.8. The molecule has 3 atom stereocenters. The summed E-state index contributed by atoms with van der Waals surface area (Å²) in [5.74, 6) is -0.836. The number of benzene rings is 2. The van der Waals surface area contributed by atoms with Crippen molar-refractivity contribution in [1.29, 1.82) is 0 Å². The number of piperidine rings is 1. The SMILES string of the molecule is CN1N=C2CNC(C(=O)[C@@H](COCc3ccccc3)NC(=O)C(C)(C)N)CC2(Cc2ccccc2)C1=O. The number of ketones is 1. The molecule has 196 valence electrons. The average Bonchev–Trinajstić information content (AvgIpc) is 3.12. The van der Waals surface area contributed by atoms with Gasteiger partial charge in [-0.2, -0.15) is 5.10 Å². The maximum atomic E-state index is 13.8. The molecule has 2 unspecified atom stereocenters. The fraction of sp³-hybridized carbons (Fsp3) is 0.429. The summed E-state index contributed by atoms with van der Waals surface area (Å²) in [7, 11) is 1.64. The van der Waals surface area contributed by atoms with Crippen molar-refractivity contribution in [2.75, 3.05) is 20.2 Å². The second-order valence-corrected chi connectivity index (χ2v) is 10.4. The molecule has 2 aromatic rings. The first kappa shape index (κ1) is 26.7. The summed E-state index contributed by atoms with van der Waals surface area (Å²) in [6, 6.07) is 17.7. The van der Waals surface area contributed by atoms with E-state index in [1.165, 1.54) is 5.01 Å². The Balaban J connectivity index is 1.54. The zero-order valence-electron chi connectivity index (χ0n) is 21.6. The summed E-state index contributed by atoms with van der Waals surface area (Å²) in [6.07, 6.45) is 0.679. The molecule has 1 saturated heterocycles. The number of hydrogen-bond donors (Lipinski definition) is 3. The van der Waals surface area contributed by atoms with E-state index in [0.29, 0.717) is 19.6 Å². The molecule has 0 saturated carbocycles. The van der Waals surface area contributed by atoms with E-state index in [2.05, 4.69) is 15.7 Å². The smallest absolute Gasteiger partial charge is 0.254 e. The number of Topliss-reactive ketones (excluding diaryl/α,β-unsaturated/α-hetero) is 1. The Hall–Kier alpha value is -3.40. The minimum atomic E-state index is -1.17. The highest BCUT2D eigenvalue weighted by molar-refractivity contribution is 6.14. The van der Waals surface area contributed by atoms with Crippen LogP contribution in [0.2, 0.25) is 0 Å². The van der Waals surface area contributed by atoms with Gasteiger partial charge in [-0.3, -0.25) is 14.4 Å². The van der Waals surface area contributed by atoms with Crippen LogP contribution in [0.5, 0.6) is 0 Å². The number of amides is 2. The summed E-state index contributed by atoms with van der Waals surface area (Å²) >= 11 is 0. The first-order chi connectivity index (χ1) is 17.6. The summed E-state index contributed by atoms with van der Waals surface area (Å²) in [5.41, 5.74) is 6.57. The van der Waals surface area contributed by atoms with Crippen molar-refractivity contribution in [2.45, 2.75) is 50.9 Å². The van der Waals surface area contributed by atoms with E-state index in [1.807, 2.05) is 60.7 Å². The molecular weight excluding hydrogens is 470 g/mol. The summed E-state index contributed by atoms with van der Waals surface area (Å²) in [5, 5.41) is 11.9. The first-order valence-corrected chi connectivity index (χ1v) is 12.5. The van der Waals surface area contributed by atoms with Gasteiger partial charge >= 0.3 is 0 Å². The molecule has 9 nitrogen and oxygen atoms in total. The Bertz CT molecular complexity index is 1160. The molecule has 0 aromatic heterocycles. The van der Waals surface area contributed by atoms with Crippen LogP contribution < -0.4 is 16.4 Å². The molecule has 0 bridgehead atoms. The minimum absolute atomic E-state index is 0.0196. The van der Waals surface area contributed by atoms with Crippen LogP contribution >= 0.6 is 0 Å². The molecular formula is C28H35N5O4. The molecule has 4 N–H and O–H groups in total. The summed E-state index contributed by atoms with van der Waals surface area (Å²) in [6.45, 7) is 3.74. The molecule has 2 aromatic carbocycles. The number of rotatable bonds is 10. The van der Waals surface area contributed by atoms with Gasteiger partial charge in [-0.05, 0) is 37.8 Å². The van der Waals surface area contributed by atoms with Gasteiger partial charge in [0.25, 0.3) is 5.91 Å². The lowest BCUT2D eigenvalue weighted by Gasteiger charge is -2.38. The van der Waals surface area contributed by atoms with Gasteiger partial charge in [-0.25, -0.2) is 5.01 Å². The molecule has 2 amide bonds. The molecule has 0 spiro atoms. The number of ether oxygens (including phenoxy) is 1. The number of carbonyl (C=O) groups excluding carboxylic acids is 3. The van der Waals surface area contributed by atoms with E-state index in [9.17, 15) is 14.4 Å². The Kier molecular flexibility index (Phi) is 7.87. The van der Waals surface area contributed by atoms with Crippen molar-refractivity contribution in [3.8, 4) is 0 Å². The maximum Gasteiger partial charge on any atom is 0.254 e. The number of nitrogens with zero attached hydrogens (tertiary/aromatic N) is 2. The zero-order chi connectivity index (χ0) is 26.6. The highest BCUT2D eigenvalue weighted by atomic mass is 16.5. The molecule has 0 radical (unpaired) electrons. The van der Waals surface area contributed by atoms with Crippen LogP contribution in [0, 0.1) is 5.41 Å². The third kappa shape index (κ3) is 5.95. The average molecular weight is 506 g/mol. The number of hydrazone groups is 1. The van der Waals surface area contributed by atoms with Gasteiger partial charge in [0.1, 0.15) is 6.04 Å². The number of carbonyl (C=O) groups is 3. The Morgan fingerprint density at radius 3 is 2.41 bits per heavy atom. The second-order valence-electron chi connectivity index (χ2n) is 10.4. The molecule has 1 fully saturated rings. The van der Waals surface area contributed by atoms with E-state index in [0.717, 1.165) is 16.8 Å². The highest BCUT2D eigenvalue weighted by Gasteiger charge is 2.54. The lowest BCUT2D eigenvalue weighted by atomic mass is 9.69. The highest BCUT2D eigenvalue weighted by Crippen LogP contribution is 2.39. The van der Waals surface area contributed by atoms with Crippen LogP contribution in [0.3, 0.4) is 0 Å². The lowest BCUT2D eigenvalue weighted by Crippen LogP contribution is -2.62. The van der Waals surface area contributed by atoms with Crippen LogP contribution in [0.15, 0.2) is 65.8 Å². The lowest BCUT2D eigenvalue weighted by molar-refractivity contribution is -0.137. The van der Waals surface area contributed by atoms with Crippen LogP contribution in [0.25, 0.3) is 0 Å². The Morgan fingerprint density at radius 1 is 1.16 bits per heavy atom. The Morgan fingerprint density at radius 2 is 1.78 bits per heavy atom. The van der Waals surface area contributed by atoms with E-state index >= 15 is 0 Å². The van der Waals surface area contributed by atoms with Crippen LogP contribution in [-0.4, -0.2) is 66.1 Å². The quantitative estimate of drug-likeness (QED) is 0.448. The van der Waals surface area contributed by atoms with E-state index in [1.54, 1.807) is 20.9 Å². The van der Waals surface area contributed by atoms with E-state index in [-0.39, 0.29) is 24.7 Å². The van der Waals surface area contributed by atoms with Crippen molar-refractivity contribution < 1.29 is 19.1 Å². The van der Waals surface area contributed by atoms with Crippen molar-refractivity contribution in [2.24, 2.45) is 16.3 Å². The second kappa shape index (κ2) is 10.9. The van der Waals surface area contributed by atoms with E-state index < -0.39 is 28.9 Å². The van der Waals surface area contributed by atoms with Crippen molar-refractivity contribution >= 4 is 23.3 Å². The van der Waals surface area contributed by atoms with Gasteiger partial charge in [0.05, 0.1) is 35.9 Å². The van der Waals surface area contributed by atoms with Crippen LogP contribution in [0.4, 0.5) is 0 Å². The fourth-order valence-electron chi connectivity index (χ4n) is 4.85. The predicted octanol–water partition coefficient (Wildman–Crippen LogP) is 1.41. The molecule has 37 heavy (non-hydrogen) atoms. The molecule has 2 aliphatic rings. The van der Waals surface area contributed by atoms with Crippen LogP contribution in [0.1, 0.15) is 31.4 Å². The standard InChI is InChI=1S/C28H35N5O4/c1-27(2,29)25(35)31-22(18-37-17-20-12-8-5-9-13-20)24(34)21-15-28(14-19-10-6-4-7-11-19)23(16-30-21)32-33(3)26(28)36/h4-13,21-22,30H,14-18,29H2,1-3H3,(H,31,35)/t21?,22-,28?/m1/s1. The normalized spacial score (nSPS) is 22.3. The fourth-order valence-corrected chi connectivity index (χ4v) is 4.85. The zero-order valence-corrected chi connectivity index (χ0v) is 21.6. The third-order valence-corrected chi connectivity index (χ3v) is 6.92. The van der Waals surface area contributed by atoms with Gasteiger partial charge in [0, 0.05) is 13.6 Å². The van der Waals surface area contributed by atoms with Crippen LogP contribution in [-0.2, 0) is 32.1 Å². The molecule has 0 aliphatic carbocycles. The monoisotopic (exact) mass is 505 g/mol. The number of nitrogens with two attached hydrogens (primary N) is 1. The third-order valence-electron chi connectivity index (χ3n) is 6.92. The minimum Gasteiger partial charge on any atom is -0.374 e. The first-order valence-electron chi connectivity index (χ1n) is 12.5. The van der Waals surface area contributed by atoms with Gasteiger partial charge in [-0.15, -0.1) is 0 Å². The Labute approximate surface area is 217 Å². The topological polar surface area (TPSA) is 126 Å². The number of nitrogens with one attached hydrogen (secondary N) is 2. The van der Waals surface area contributed by atoms with Crippen molar-refractivity contribution in [1.82, 2.24) is 15.6 Å². The summed E-state index contributed by atoms with van der Waals surface area (Å²) < 4.78 is 5.85. The van der Waals surface area contributed by atoms with Gasteiger partial charge in [0.15, 0.2) is 5.78 Å². The molecule has 2 aliphatic heterocycles. The molecule has 4 rings (SSSR count). The predicted molar refractivity (Wildman–Crippen MR) is 140 cm³/mol.